The van der Waals surface area contributed by atoms with Crippen LogP contribution in [0.25, 0.3) is 0 Å². The lowest BCUT2D eigenvalue weighted by molar-refractivity contribution is -0.164. The van der Waals surface area contributed by atoms with Crippen LogP contribution in [0.1, 0.15) is 101 Å². The molecule has 5 amide bonds. The van der Waals surface area contributed by atoms with Crippen molar-refractivity contribution < 1.29 is 48.5 Å². The molecule has 17 heteroatoms. The lowest BCUT2D eigenvalue weighted by Gasteiger charge is -2.63. The Morgan fingerprint density at radius 2 is 1.70 bits per heavy atom. The highest BCUT2D eigenvalue weighted by molar-refractivity contribution is 6.31. The van der Waals surface area contributed by atoms with E-state index in [9.17, 15) is 29.2 Å². The number of nitrogens with one attached hydrogen (secondary N) is 2. The zero-order valence-corrected chi connectivity index (χ0v) is 34.3. The number of carbonyl (C=O) groups excluding carboxylic acids is 5. The van der Waals surface area contributed by atoms with Gasteiger partial charge in [0.1, 0.15) is 41.3 Å². The number of fused-ring (bicyclic) bond motifs is 1. The van der Waals surface area contributed by atoms with Crippen LogP contribution in [0.3, 0.4) is 0 Å². The van der Waals surface area contributed by atoms with Crippen molar-refractivity contribution in [2.24, 2.45) is 16.7 Å². The van der Waals surface area contributed by atoms with E-state index < -0.39 is 107 Å². The molecule has 0 spiro atoms. The molecule has 0 radical (unpaired) electrons. The molecule has 14 nitrogen and oxygen atoms in total. The summed E-state index contributed by atoms with van der Waals surface area (Å²) in [5.41, 5.74) is -4.09. The molecular formula is C44H47ClF2N8O6. The first-order valence-electron chi connectivity index (χ1n) is 23.7. The third kappa shape index (κ3) is 7.56. The van der Waals surface area contributed by atoms with Gasteiger partial charge in [0.2, 0.25) is 11.8 Å². The average molecular weight is 865 g/mol. The Morgan fingerprint density at radius 1 is 1.00 bits per heavy atom. The van der Waals surface area contributed by atoms with Crippen LogP contribution in [-0.2, 0) is 9.59 Å². The van der Waals surface area contributed by atoms with Crippen LogP contribution in [0.2, 0.25) is 5.02 Å². The summed E-state index contributed by atoms with van der Waals surface area (Å²) >= 11 is 6.22. The molecule has 2 N–H and O–H groups in total. The highest BCUT2D eigenvalue weighted by Crippen LogP contribution is 2.55. The van der Waals surface area contributed by atoms with E-state index in [2.05, 4.69) is 10.3 Å². The van der Waals surface area contributed by atoms with Crippen molar-refractivity contribution in [1.29, 1.82) is 5.26 Å². The number of hydrogen-bond acceptors (Lipinski definition) is 11. The van der Waals surface area contributed by atoms with Gasteiger partial charge in [0.05, 0.1) is 32.8 Å². The Labute approximate surface area is 368 Å². The smallest absolute Gasteiger partial charge is 0.265 e. The topological polar surface area (TPSA) is 168 Å². The number of nitriles is 1. The number of piperidine rings is 2. The fraction of sp³-hybridized carbons (Fsp3) is 0.477. The summed E-state index contributed by atoms with van der Waals surface area (Å²) in [7, 11) is 0. The summed E-state index contributed by atoms with van der Waals surface area (Å²) in [6.45, 7) is -6.48. The van der Waals surface area contributed by atoms with Gasteiger partial charge in [-0.05, 0) is 55.5 Å². The monoisotopic (exact) mass is 864 g/mol. The SMILES string of the molecule is [2H]C1([2H])N(CC2CCN(c3ccc(C(=O)NC4C(C)(C)C(Oc5ccc(C#N)c(Cl)c5)C4(C)C)cn3)CC2)C([2H])([2H])C([2H])([2H])N(c2c(F)cc3c(c2F)C(=O)N(C2CCC(=O)NC2=O)C3=O)C1([2H])[2H]. The minimum Gasteiger partial charge on any atom is -0.489 e. The number of ether oxygens (including phenoxy) is 1. The summed E-state index contributed by atoms with van der Waals surface area (Å²) in [5.74, 6) is -8.20. The number of aromatic nitrogens is 1. The maximum Gasteiger partial charge on any atom is 0.265 e. The third-order valence-corrected chi connectivity index (χ3v) is 12.5. The Kier molecular flexibility index (Phi) is 8.66. The van der Waals surface area contributed by atoms with E-state index in [1.165, 1.54) is 6.20 Å². The van der Waals surface area contributed by atoms with Crippen LogP contribution in [0.15, 0.2) is 42.6 Å². The van der Waals surface area contributed by atoms with Crippen molar-refractivity contribution in [2.45, 2.75) is 71.6 Å². The number of imide groups is 2. The molecule has 1 aliphatic carbocycles. The van der Waals surface area contributed by atoms with Gasteiger partial charge in [0.15, 0.2) is 5.82 Å². The molecule has 3 aromatic rings. The first-order chi connectivity index (χ1) is 32.0. The van der Waals surface area contributed by atoms with Crippen molar-refractivity contribution in [3.8, 4) is 11.8 Å². The van der Waals surface area contributed by atoms with Crippen LogP contribution < -0.4 is 25.2 Å². The van der Waals surface area contributed by atoms with Crippen molar-refractivity contribution in [2.75, 3.05) is 55.4 Å². The fourth-order valence-electron chi connectivity index (χ4n) is 9.35. The molecule has 1 saturated carbocycles. The first kappa shape index (κ1) is 33.0. The lowest BCUT2D eigenvalue weighted by Crippen LogP contribution is -2.74. The number of nitrogens with zero attached hydrogens (tertiary/aromatic N) is 6. The molecule has 4 fully saturated rings. The predicted octanol–water partition coefficient (Wildman–Crippen LogP) is 4.94. The molecule has 320 valence electrons. The maximum atomic E-state index is 16.6. The molecule has 4 aliphatic heterocycles. The van der Waals surface area contributed by atoms with E-state index in [1.807, 2.05) is 44.0 Å². The summed E-state index contributed by atoms with van der Waals surface area (Å²) < 4.78 is 110. The van der Waals surface area contributed by atoms with Gasteiger partial charge in [0, 0.05) is 86.7 Å². The van der Waals surface area contributed by atoms with E-state index in [0.717, 1.165) is 0 Å². The predicted molar refractivity (Wildman–Crippen MR) is 220 cm³/mol. The average Bonchev–Trinajstić information content (AvgIpc) is 3.52. The molecule has 5 aliphatic rings. The van der Waals surface area contributed by atoms with E-state index in [-0.39, 0.29) is 53.7 Å². The molecule has 1 aromatic heterocycles. The summed E-state index contributed by atoms with van der Waals surface area (Å²) in [4.78, 5) is 71.4. The largest absolute Gasteiger partial charge is 0.489 e. The van der Waals surface area contributed by atoms with Gasteiger partial charge in [0.25, 0.3) is 17.7 Å². The quantitative estimate of drug-likeness (QED) is 0.280. The summed E-state index contributed by atoms with van der Waals surface area (Å²) in [6, 6.07) is 8.58. The van der Waals surface area contributed by atoms with Crippen LogP contribution >= 0.6 is 11.6 Å². The van der Waals surface area contributed by atoms with Crippen molar-refractivity contribution >= 4 is 52.6 Å². The number of halogens is 3. The summed E-state index contributed by atoms with van der Waals surface area (Å²) in [6.07, 6.45) is 1.05. The Morgan fingerprint density at radius 3 is 2.33 bits per heavy atom. The molecule has 3 saturated heterocycles. The number of amides is 5. The van der Waals surface area contributed by atoms with Crippen LogP contribution in [0.5, 0.6) is 5.75 Å². The molecule has 8 rings (SSSR count). The molecule has 5 heterocycles. The second kappa shape index (κ2) is 16.0. The standard InChI is InChI=1S/C44H47ClF2N8O6/c1-43(2)41(44(3,4)42(43)61-27-7-5-25(21-48)29(45)19-27)51-37(57)26-6-9-32(49-22-26)53-13-11-24(12-14-53)23-52-15-17-54(18-16-52)36-30(46)20-28-34(35(36)47)40(60)55(39(28)59)31-8-10-33(56)50-38(31)58/h5-7,9,19-20,22,24,31,41-42H,8,10-18,23H2,1-4H3,(H,51,57)(H,50,56,58)/i15D2,16D2,17D2,18D2. The van der Waals surface area contributed by atoms with Gasteiger partial charge in [-0.2, -0.15) is 5.26 Å². The molecule has 2 aromatic carbocycles. The van der Waals surface area contributed by atoms with E-state index in [1.54, 1.807) is 30.3 Å². The summed E-state index contributed by atoms with van der Waals surface area (Å²) in [5, 5.41) is 14.6. The number of carbonyl (C=O) groups is 5. The fourth-order valence-corrected chi connectivity index (χ4v) is 9.56. The Hall–Kier alpha value is -5.66. The molecular weight excluding hydrogens is 810 g/mol. The maximum absolute atomic E-state index is 16.6. The van der Waals surface area contributed by atoms with Gasteiger partial charge in [-0.3, -0.25) is 39.1 Å². The van der Waals surface area contributed by atoms with Gasteiger partial charge in [-0.25, -0.2) is 13.8 Å². The van der Waals surface area contributed by atoms with Crippen LogP contribution in [-0.4, -0.2) is 108 Å². The normalized spacial score (nSPS) is 29.1. The Bertz CT molecular complexity index is 2690. The Balaban J connectivity index is 0.931. The number of pyridine rings is 1. The van der Waals surface area contributed by atoms with Crippen molar-refractivity contribution in [3.05, 3.63) is 81.5 Å². The van der Waals surface area contributed by atoms with Crippen LogP contribution in [0.4, 0.5) is 20.3 Å². The van der Waals surface area contributed by atoms with E-state index >= 15 is 8.78 Å². The molecule has 1 atom stereocenters. The highest BCUT2D eigenvalue weighted by Gasteiger charge is 2.64. The molecule has 1 unspecified atom stereocenters. The second-order valence-corrected chi connectivity index (χ2v) is 17.3. The molecule has 0 bridgehead atoms. The minimum absolute atomic E-state index is 0.270. The van der Waals surface area contributed by atoms with Crippen molar-refractivity contribution in [1.82, 2.24) is 25.4 Å². The minimum atomic E-state index is -3.74. The zero-order valence-electron chi connectivity index (χ0n) is 41.6. The van der Waals surface area contributed by atoms with Gasteiger partial charge < -0.3 is 19.9 Å². The van der Waals surface area contributed by atoms with Gasteiger partial charge >= 0.3 is 0 Å². The number of piperazine rings is 1. The van der Waals surface area contributed by atoms with Crippen molar-refractivity contribution in [3.63, 3.8) is 0 Å². The second-order valence-electron chi connectivity index (χ2n) is 16.9. The molecule has 61 heavy (non-hydrogen) atoms. The first-order valence-corrected chi connectivity index (χ1v) is 20.1. The highest BCUT2D eigenvalue weighted by atomic mass is 35.5. The van der Waals surface area contributed by atoms with Gasteiger partial charge in [-0.1, -0.05) is 39.3 Å². The number of benzene rings is 2. The lowest BCUT2D eigenvalue weighted by atomic mass is 9.49. The van der Waals surface area contributed by atoms with E-state index in [4.69, 9.17) is 27.3 Å². The van der Waals surface area contributed by atoms with E-state index in [0.29, 0.717) is 51.6 Å². The number of rotatable bonds is 9. The number of anilines is 2. The third-order valence-electron chi connectivity index (χ3n) is 12.2. The number of hydrogen-bond donors (Lipinski definition) is 2. The van der Waals surface area contributed by atoms with Crippen LogP contribution in [0, 0.1) is 39.7 Å². The zero-order chi connectivity index (χ0) is 50.7. The van der Waals surface area contributed by atoms with Gasteiger partial charge in [-0.15, -0.1) is 0 Å².